The van der Waals surface area contributed by atoms with Gasteiger partial charge in [-0.25, -0.2) is 9.67 Å². The Hall–Kier alpha value is -3.76. The van der Waals surface area contributed by atoms with Gasteiger partial charge in [-0.2, -0.15) is 18.3 Å². The summed E-state index contributed by atoms with van der Waals surface area (Å²) in [5, 5.41) is 6.95. The van der Waals surface area contributed by atoms with Gasteiger partial charge in [-0.15, -0.1) is 0 Å². The number of fused-ring (bicyclic) bond motifs is 2. The normalized spacial score (nSPS) is 19.3. The number of rotatable bonds is 4. The Balaban J connectivity index is 1.27. The van der Waals surface area contributed by atoms with Gasteiger partial charge in [-0.05, 0) is 35.7 Å². The number of halogens is 3. The van der Waals surface area contributed by atoms with Gasteiger partial charge in [-0.3, -0.25) is 4.79 Å². The van der Waals surface area contributed by atoms with E-state index in [1.165, 1.54) is 10.7 Å². The Morgan fingerprint density at radius 1 is 1.21 bits per heavy atom. The SMILES string of the molecule is COc1ccc(-c2ccc3c(c2)C[C@@H](NC(=O)c2cc4n(n2)CCC(C(F)(F)F)O4)CO3)cn1. The number of alkyl halides is 3. The maximum Gasteiger partial charge on any atom is 0.425 e. The van der Waals surface area contributed by atoms with E-state index in [0.29, 0.717) is 12.3 Å². The lowest BCUT2D eigenvalue weighted by atomic mass is 9.97. The van der Waals surface area contributed by atoms with E-state index in [9.17, 15) is 18.0 Å². The maximum absolute atomic E-state index is 12.9. The highest BCUT2D eigenvalue weighted by Gasteiger charge is 2.44. The van der Waals surface area contributed by atoms with Crippen molar-refractivity contribution in [2.75, 3.05) is 13.7 Å². The van der Waals surface area contributed by atoms with Crippen molar-refractivity contribution in [1.82, 2.24) is 20.1 Å². The Labute approximate surface area is 192 Å². The molecule has 0 aliphatic carbocycles. The van der Waals surface area contributed by atoms with Crippen molar-refractivity contribution in [2.24, 2.45) is 0 Å². The number of ether oxygens (including phenoxy) is 3. The number of amides is 1. The summed E-state index contributed by atoms with van der Waals surface area (Å²) in [6.45, 7) is 0.290. The highest BCUT2D eigenvalue weighted by molar-refractivity contribution is 5.92. The molecule has 3 aromatic rings. The first kappa shape index (κ1) is 22.1. The minimum atomic E-state index is -4.47. The van der Waals surface area contributed by atoms with Crippen molar-refractivity contribution in [3.05, 3.63) is 53.9 Å². The van der Waals surface area contributed by atoms with Crippen molar-refractivity contribution >= 4 is 5.91 Å². The molecule has 1 N–H and O–H groups in total. The fourth-order valence-corrected chi connectivity index (χ4v) is 4.04. The van der Waals surface area contributed by atoms with Gasteiger partial charge in [-0.1, -0.05) is 6.07 Å². The first-order valence-corrected chi connectivity index (χ1v) is 10.7. The molecule has 2 aliphatic heterocycles. The van der Waals surface area contributed by atoms with Crippen LogP contribution in [0, 0.1) is 0 Å². The van der Waals surface area contributed by atoms with E-state index >= 15 is 0 Å². The largest absolute Gasteiger partial charge is 0.491 e. The van der Waals surface area contributed by atoms with Gasteiger partial charge >= 0.3 is 6.18 Å². The number of nitrogens with zero attached hydrogens (tertiary/aromatic N) is 3. The van der Waals surface area contributed by atoms with Gasteiger partial charge in [0, 0.05) is 36.9 Å². The zero-order valence-electron chi connectivity index (χ0n) is 18.1. The van der Waals surface area contributed by atoms with E-state index in [-0.39, 0.29) is 37.2 Å². The third-order valence-corrected chi connectivity index (χ3v) is 5.79. The Morgan fingerprint density at radius 3 is 2.76 bits per heavy atom. The van der Waals surface area contributed by atoms with Crippen LogP contribution in [0.4, 0.5) is 13.2 Å². The smallest absolute Gasteiger partial charge is 0.425 e. The van der Waals surface area contributed by atoms with Crippen LogP contribution in [0.2, 0.25) is 0 Å². The monoisotopic (exact) mass is 474 g/mol. The molecule has 0 saturated carbocycles. The summed E-state index contributed by atoms with van der Waals surface area (Å²) in [5.41, 5.74) is 2.78. The van der Waals surface area contributed by atoms with Crippen LogP contribution < -0.4 is 19.5 Å². The van der Waals surface area contributed by atoms with E-state index in [1.54, 1.807) is 19.4 Å². The van der Waals surface area contributed by atoms with Crippen molar-refractivity contribution in [3.8, 4) is 28.6 Å². The molecular formula is C23H21F3N4O4. The second kappa shape index (κ2) is 8.54. The maximum atomic E-state index is 12.9. The van der Waals surface area contributed by atoms with E-state index in [2.05, 4.69) is 15.4 Å². The zero-order chi connectivity index (χ0) is 23.9. The molecule has 0 bridgehead atoms. The third kappa shape index (κ3) is 4.37. The van der Waals surface area contributed by atoms with E-state index < -0.39 is 18.2 Å². The van der Waals surface area contributed by atoms with Gasteiger partial charge in [0.05, 0.1) is 13.2 Å². The summed E-state index contributed by atoms with van der Waals surface area (Å²) in [6, 6.07) is 10.4. The van der Waals surface area contributed by atoms with Gasteiger partial charge in [0.1, 0.15) is 12.4 Å². The number of aryl methyl sites for hydroxylation is 1. The van der Waals surface area contributed by atoms with Gasteiger partial charge < -0.3 is 19.5 Å². The van der Waals surface area contributed by atoms with Gasteiger partial charge in [0.15, 0.2) is 11.8 Å². The molecule has 0 spiro atoms. The van der Waals surface area contributed by atoms with Crippen LogP contribution in [0.3, 0.4) is 0 Å². The van der Waals surface area contributed by atoms with Crippen LogP contribution in [0.15, 0.2) is 42.6 Å². The lowest BCUT2D eigenvalue weighted by molar-refractivity contribution is -0.203. The Kier molecular flexibility index (Phi) is 5.54. The summed E-state index contributed by atoms with van der Waals surface area (Å²) in [7, 11) is 1.55. The molecule has 1 unspecified atom stereocenters. The van der Waals surface area contributed by atoms with E-state index in [0.717, 1.165) is 22.4 Å². The molecule has 2 aromatic heterocycles. The minimum absolute atomic E-state index is 0.00155. The van der Waals surface area contributed by atoms with Crippen LogP contribution in [0.25, 0.3) is 11.1 Å². The molecule has 34 heavy (non-hydrogen) atoms. The molecule has 8 nitrogen and oxygen atoms in total. The summed E-state index contributed by atoms with van der Waals surface area (Å²) < 4.78 is 56.0. The summed E-state index contributed by atoms with van der Waals surface area (Å²) in [5.74, 6) is 0.691. The number of carbonyl (C=O) groups is 1. The molecule has 1 amide bonds. The van der Waals surface area contributed by atoms with Crippen LogP contribution in [-0.2, 0) is 13.0 Å². The number of methoxy groups -OCH3 is 1. The van der Waals surface area contributed by atoms with Gasteiger partial charge in [0.2, 0.25) is 11.8 Å². The number of hydrogen-bond donors (Lipinski definition) is 1. The Morgan fingerprint density at radius 2 is 2.03 bits per heavy atom. The van der Waals surface area contributed by atoms with Gasteiger partial charge in [0.25, 0.3) is 5.91 Å². The fraction of sp³-hybridized carbons (Fsp3) is 0.348. The molecule has 2 aliphatic rings. The minimum Gasteiger partial charge on any atom is -0.491 e. The molecule has 0 saturated heterocycles. The molecule has 1 aromatic carbocycles. The average molecular weight is 474 g/mol. The molecule has 2 atom stereocenters. The second-order valence-corrected chi connectivity index (χ2v) is 8.12. The van der Waals surface area contributed by atoms with E-state index in [4.69, 9.17) is 14.2 Å². The molecule has 0 radical (unpaired) electrons. The van der Waals surface area contributed by atoms with Crippen molar-refractivity contribution in [1.29, 1.82) is 0 Å². The fourth-order valence-electron chi connectivity index (χ4n) is 4.04. The second-order valence-electron chi connectivity index (χ2n) is 8.12. The first-order valence-electron chi connectivity index (χ1n) is 10.7. The molecule has 11 heteroatoms. The van der Waals surface area contributed by atoms with Crippen LogP contribution in [0.1, 0.15) is 22.5 Å². The van der Waals surface area contributed by atoms with E-state index in [1.807, 2.05) is 24.3 Å². The summed E-state index contributed by atoms with van der Waals surface area (Å²) >= 11 is 0. The van der Waals surface area contributed by atoms with Crippen LogP contribution in [0.5, 0.6) is 17.5 Å². The highest BCUT2D eigenvalue weighted by Crippen LogP contribution is 2.33. The zero-order valence-corrected chi connectivity index (χ0v) is 18.1. The molecule has 178 valence electrons. The summed E-state index contributed by atoms with van der Waals surface area (Å²) in [6.07, 6.45) is -4.37. The lowest BCUT2D eigenvalue weighted by Gasteiger charge is -2.26. The molecule has 0 fully saturated rings. The summed E-state index contributed by atoms with van der Waals surface area (Å²) in [4.78, 5) is 17.0. The predicted molar refractivity (Wildman–Crippen MR) is 114 cm³/mol. The quantitative estimate of drug-likeness (QED) is 0.624. The number of pyridine rings is 1. The number of nitrogens with one attached hydrogen (secondary N) is 1. The number of aromatic nitrogens is 3. The van der Waals surface area contributed by atoms with Crippen molar-refractivity contribution in [2.45, 2.75) is 37.7 Å². The number of hydrogen-bond acceptors (Lipinski definition) is 6. The first-order chi connectivity index (χ1) is 16.3. The predicted octanol–water partition coefficient (Wildman–Crippen LogP) is 3.40. The average Bonchev–Trinajstić information content (AvgIpc) is 3.27. The standard InChI is InChI=1S/C23H21F3N4O4/c1-32-20-5-3-14(11-27-20)13-2-4-18-15(8-13)9-16(12-33-18)28-22(31)17-10-21-30(29-17)7-6-19(34-21)23(24,25)26/h2-5,8,10-11,16,19H,6-7,9,12H2,1H3,(H,28,31)/t16-,19?/m1/s1. The lowest BCUT2D eigenvalue weighted by Crippen LogP contribution is -2.42. The van der Waals surface area contributed by atoms with Crippen LogP contribution in [-0.4, -0.2) is 52.7 Å². The Bertz CT molecular complexity index is 1210. The van der Waals surface area contributed by atoms with Crippen molar-refractivity contribution < 1.29 is 32.2 Å². The highest BCUT2D eigenvalue weighted by atomic mass is 19.4. The molecular weight excluding hydrogens is 453 g/mol. The third-order valence-electron chi connectivity index (χ3n) is 5.79. The molecule has 5 rings (SSSR count). The number of benzene rings is 1. The molecule has 4 heterocycles. The van der Waals surface area contributed by atoms with Crippen molar-refractivity contribution in [3.63, 3.8) is 0 Å². The van der Waals surface area contributed by atoms with Crippen LogP contribution >= 0.6 is 0 Å². The topological polar surface area (TPSA) is 87.5 Å². The number of carbonyl (C=O) groups excluding carboxylic acids is 1.